The lowest BCUT2D eigenvalue weighted by Gasteiger charge is -2.16. The van der Waals surface area contributed by atoms with Crippen LogP contribution in [0.25, 0.3) is 10.7 Å². The van der Waals surface area contributed by atoms with E-state index in [0.717, 1.165) is 4.88 Å². The van der Waals surface area contributed by atoms with Gasteiger partial charge in [-0.1, -0.05) is 17.3 Å². The minimum atomic E-state index is -0.503. The highest BCUT2D eigenvalue weighted by Gasteiger charge is 2.22. The molecule has 3 aromatic rings. The van der Waals surface area contributed by atoms with E-state index in [1.165, 1.54) is 28.4 Å². The number of hydrogen-bond donors (Lipinski definition) is 0. The summed E-state index contributed by atoms with van der Waals surface area (Å²) < 4.78 is 5.18. The van der Waals surface area contributed by atoms with Crippen LogP contribution in [-0.2, 0) is 6.54 Å². The summed E-state index contributed by atoms with van der Waals surface area (Å²) in [6, 6.07) is 8.19. The molecule has 8 nitrogen and oxygen atoms in total. The van der Waals surface area contributed by atoms with E-state index in [-0.39, 0.29) is 23.7 Å². The largest absolute Gasteiger partial charge is 0.337 e. The molecule has 0 fully saturated rings. The van der Waals surface area contributed by atoms with E-state index in [2.05, 4.69) is 10.1 Å². The van der Waals surface area contributed by atoms with Gasteiger partial charge < -0.3 is 9.42 Å². The van der Waals surface area contributed by atoms with Crippen LogP contribution >= 0.6 is 11.3 Å². The van der Waals surface area contributed by atoms with Gasteiger partial charge in [-0.25, -0.2) is 0 Å². The molecule has 25 heavy (non-hydrogen) atoms. The second kappa shape index (κ2) is 6.81. The highest BCUT2D eigenvalue weighted by atomic mass is 32.1. The summed E-state index contributed by atoms with van der Waals surface area (Å²) in [5.74, 6) is 0.414. The zero-order valence-corrected chi connectivity index (χ0v) is 14.3. The Morgan fingerprint density at radius 1 is 1.36 bits per heavy atom. The molecule has 1 amide bonds. The molecule has 0 aliphatic heterocycles. The van der Waals surface area contributed by atoms with Gasteiger partial charge in [0.15, 0.2) is 0 Å². The summed E-state index contributed by atoms with van der Waals surface area (Å²) in [5, 5.41) is 16.8. The van der Waals surface area contributed by atoms with E-state index in [0.29, 0.717) is 17.3 Å². The fraction of sp³-hybridized carbons (Fsp3) is 0.188. The van der Waals surface area contributed by atoms with Crippen LogP contribution in [0.15, 0.2) is 40.2 Å². The molecule has 1 aromatic carbocycles. The molecule has 0 aliphatic carbocycles. The highest BCUT2D eigenvalue weighted by molar-refractivity contribution is 7.13. The number of nitro benzene ring substituents is 1. The summed E-state index contributed by atoms with van der Waals surface area (Å²) in [7, 11) is 1.58. The third-order valence-electron chi connectivity index (χ3n) is 3.66. The van der Waals surface area contributed by atoms with Gasteiger partial charge in [-0.05, 0) is 24.4 Å². The Balaban J connectivity index is 1.78. The molecule has 0 aliphatic rings. The number of carbonyl (C=O) groups is 1. The van der Waals surface area contributed by atoms with Gasteiger partial charge in [-0.3, -0.25) is 14.9 Å². The molecule has 2 heterocycles. The lowest BCUT2D eigenvalue weighted by Crippen LogP contribution is -2.27. The van der Waals surface area contributed by atoms with Crippen LogP contribution < -0.4 is 0 Å². The van der Waals surface area contributed by atoms with Crippen molar-refractivity contribution in [2.75, 3.05) is 7.05 Å². The zero-order valence-electron chi connectivity index (χ0n) is 13.5. The van der Waals surface area contributed by atoms with Crippen LogP contribution in [0.2, 0.25) is 0 Å². The Morgan fingerprint density at radius 2 is 2.16 bits per heavy atom. The predicted molar refractivity (Wildman–Crippen MR) is 91.2 cm³/mol. The maximum absolute atomic E-state index is 12.6. The molecule has 0 unspecified atom stereocenters. The fourth-order valence-corrected chi connectivity index (χ4v) is 3.01. The molecular weight excluding hydrogens is 344 g/mol. The molecule has 0 saturated carbocycles. The summed E-state index contributed by atoms with van der Waals surface area (Å²) in [6.45, 7) is 1.67. The third-order valence-corrected chi connectivity index (χ3v) is 4.53. The smallest absolute Gasteiger partial charge is 0.273 e. The third kappa shape index (κ3) is 3.41. The van der Waals surface area contributed by atoms with Crippen molar-refractivity contribution >= 4 is 22.9 Å². The van der Waals surface area contributed by atoms with Gasteiger partial charge in [0.1, 0.15) is 0 Å². The zero-order chi connectivity index (χ0) is 18.0. The molecule has 3 rings (SSSR count). The Labute approximate surface area is 146 Å². The van der Waals surface area contributed by atoms with Crippen LogP contribution in [0.3, 0.4) is 0 Å². The van der Waals surface area contributed by atoms with Gasteiger partial charge in [-0.15, -0.1) is 11.3 Å². The number of nitrogens with zero attached hydrogens (tertiary/aromatic N) is 4. The maximum Gasteiger partial charge on any atom is 0.273 e. The number of hydrogen-bond acceptors (Lipinski definition) is 7. The van der Waals surface area contributed by atoms with Crippen LogP contribution in [0.1, 0.15) is 21.8 Å². The molecule has 0 N–H and O–H groups in total. The Hall–Kier alpha value is -3.07. The van der Waals surface area contributed by atoms with Crippen LogP contribution in [0.5, 0.6) is 0 Å². The van der Waals surface area contributed by atoms with Crippen molar-refractivity contribution in [1.82, 2.24) is 15.0 Å². The van der Waals surface area contributed by atoms with E-state index >= 15 is 0 Å². The first-order valence-corrected chi connectivity index (χ1v) is 8.21. The normalized spacial score (nSPS) is 10.6. The second-order valence-corrected chi connectivity index (χ2v) is 6.30. The van der Waals surface area contributed by atoms with Gasteiger partial charge in [0, 0.05) is 24.2 Å². The number of aromatic nitrogens is 2. The summed E-state index contributed by atoms with van der Waals surface area (Å²) in [4.78, 5) is 29.6. The lowest BCUT2D eigenvalue weighted by atomic mass is 10.1. The minimum absolute atomic E-state index is 0.0861. The Kier molecular flexibility index (Phi) is 4.57. The lowest BCUT2D eigenvalue weighted by molar-refractivity contribution is -0.385. The van der Waals surface area contributed by atoms with Gasteiger partial charge in [-0.2, -0.15) is 4.98 Å². The number of rotatable bonds is 5. The summed E-state index contributed by atoms with van der Waals surface area (Å²) in [6.07, 6.45) is 0. The monoisotopic (exact) mass is 358 g/mol. The first-order valence-electron chi connectivity index (χ1n) is 7.33. The Bertz CT molecular complexity index is 920. The van der Waals surface area contributed by atoms with Crippen molar-refractivity contribution in [3.63, 3.8) is 0 Å². The number of thiophene rings is 1. The topological polar surface area (TPSA) is 102 Å². The van der Waals surface area contributed by atoms with Gasteiger partial charge >= 0.3 is 0 Å². The van der Waals surface area contributed by atoms with Crippen molar-refractivity contribution in [3.8, 4) is 10.7 Å². The van der Waals surface area contributed by atoms with E-state index < -0.39 is 4.92 Å². The first-order chi connectivity index (χ1) is 12.0. The van der Waals surface area contributed by atoms with Gasteiger partial charge in [0.2, 0.25) is 11.7 Å². The molecule has 128 valence electrons. The average Bonchev–Trinajstić information content (AvgIpc) is 3.25. The molecule has 0 spiro atoms. The molecule has 2 aromatic heterocycles. The first kappa shape index (κ1) is 16.8. The standard InChI is InChI=1S/C16H14N4O4S/c1-10-11(5-3-6-12(10)20(22)23)16(21)19(2)9-14-17-15(18-24-14)13-7-4-8-25-13/h3-8H,9H2,1-2H3. The molecule has 0 radical (unpaired) electrons. The molecule has 9 heteroatoms. The SMILES string of the molecule is Cc1c(C(=O)N(C)Cc2nc(-c3cccs3)no2)cccc1[N+](=O)[O-]. The van der Waals surface area contributed by atoms with Crippen molar-refractivity contribution in [2.24, 2.45) is 0 Å². The van der Waals surface area contributed by atoms with Gasteiger partial charge in [0.05, 0.1) is 16.3 Å². The van der Waals surface area contributed by atoms with E-state index in [9.17, 15) is 14.9 Å². The van der Waals surface area contributed by atoms with E-state index in [1.807, 2.05) is 17.5 Å². The Morgan fingerprint density at radius 3 is 2.84 bits per heavy atom. The number of nitro groups is 1. The molecule has 0 atom stereocenters. The van der Waals surface area contributed by atoms with Crippen molar-refractivity contribution in [2.45, 2.75) is 13.5 Å². The van der Waals surface area contributed by atoms with Gasteiger partial charge in [0.25, 0.3) is 11.6 Å². The second-order valence-electron chi connectivity index (χ2n) is 5.36. The summed E-state index contributed by atoms with van der Waals surface area (Å²) in [5.41, 5.74) is 0.515. The predicted octanol–water partition coefficient (Wildman–Crippen LogP) is 3.29. The quantitative estimate of drug-likeness (QED) is 0.512. The molecule has 0 saturated heterocycles. The van der Waals surface area contributed by atoms with Crippen molar-refractivity contribution < 1.29 is 14.2 Å². The van der Waals surface area contributed by atoms with Crippen LogP contribution in [0.4, 0.5) is 5.69 Å². The minimum Gasteiger partial charge on any atom is -0.337 e. The van der Waals surface area contributed by atoms with Crippen LogP contribution in [0, 0.1) is 17.0 Å². The maximum atomic E-state index is 12.6. The van der Waals surface area contributed by atoms with E-state index in [4.69, 9.17) is 4.52 Å². The van der Waals surface area contributed by atoms with Crippen LogP contribution in [-0.4, -0.2) is 32.9 Å². The number of benzene rings is 1. The number of carbonyl (C=O) groups excluding carboxylic acids is 1. The van der Waals surface area contributed by atoms with E-state index in [1.54, 1.807) is 20.0 Å². The molecular formula is C16H14N4O4S. The average molecular weight is 358 g/mol. The molecule has 0 bridgehead atoms. The number of amides is 1. The highest BCUT2D eigenvalue weighted by Crippen LogP contribution is 2.24. The fourth-order valence-electron chi connectivity index (χ4n) is 2.36. The summed E-state index contributed by atoms with van der Waals surface area (Å²) >= 11 is 1.49. The van der Waals surface area contributed by atoms with Crippen molar-refractivity contribution in [3.05, 3.63) is 62.8 Å². The van der Waals surface area contributed by atoms with Crippen molar-refractivity contribution in [1.29, 1.82) is 0 Å².